The van der Waals surface area contributed by atoms with Crippen LogP contribution < -0.4 is 5.32 Å². The average Bonchev–Trinajstić information content (AvgIpc) is 2.78. The van der Waals surface area contributed by atoms with Crippen molar-refractivity contribution in [2.24, 2.45) is 17.8 Å². The third-order valence-corrected chi connectivity index (χ3v) is 4.06. The van der Waals surface area contributed by atoms with E-state index < -0.39 is 54.9 Å². The Labute approximate surface area is 122 Å². The first kappa shape index (κ1) is 16.8. The topological polar surface area (TPSA) is 69.6 Å². The van der Waals surface area contributed by atoms with Gasteiger partial charge in [-0.15, -0.1) is 0 Å². The van der Waals surface area contributed by atoms with Gasteiger partial charge in [-0.25, -0.2) is 13.6 Å². The van der Waals surface area contributed by atoms with Crippen molar-refractivity contribution in [3.05, 3.63) is 0 Å². The predicted octanol–water partition coefficient (Wildman–Crippen LogP) is 1.94. The van der Waals surface area contributed by atoms with E-state index >= 15 is 0 Å². The highest BCUT2D eigenvalue weighted by Crippen LogP contribution is 2.42. The summed E-state index contributed by atoms with van der Waals surface area (Å²) in [6.07, 6.45) is -5.44. The molecule has 0 radical (unpaired) electrons. The Morgan fingerprint density at radius 1 is 1.23 bits per heavy atom. The number of carbonyl (C=O) groups excluding carboxylic acids is 1. The lowest BCUT2D eigenvalue weighted by Crippen LogP contribution is -2.46. The van der Waals surface area contributed by atoms with E-state index in [2.05, 4.69) is 5.32 Å². The molecule has 1 heterocycles. The summed E-state index contributed by atoms with van der Waals surface area (Å²) in [5.41, 5.74) is 0. The van der Waals surface area contributed by atoms with Gasteiger partial charge in [0, 0.05) is 32.5 Å². The summed E-state index contributed by atoms with van der Waals surface area (Å²) in [5.74, 6) is -8.59. The second-order valence-electron chi connectivity index (χ2n) is 5.81. The maximum Gasteiger partial charge on any atom is 0.394 e. The van der Waals surface area contributed by atoms with E-state index in [1.165, 1.54) is 0 Å². The predicted molar refractivity (Wildman–Crippen MR) is 63.3 cm³/mol. The Hall–Kier alpha value is -1.61. The SMILES string of the molecule is O=C(O)[C@@H]1CN(C(=O)NCC2CC(F)(F)C2)C[C@H]1C(F)(F)F. The summed E-state index contributed by atoms with van der Waals surface area (Å²) in [6.45, 7) is -1.35. The van der Waals surface area contributed by atoms with E-state index in [-0.39, 0.29) is 19.4 Å². The van der Waals surface area contributed by atoms with Gasteiger partial charge in [-0.3, -0.25) is 4.79 Å². The summed E-state index contributed by atoms with van der Waals surface area (Å²) in [5, 5.41) is 11.1. The van der Waals surface area contributed by atoms with Crippen molar-refractivity contribution in [1.82, 2.24) is 10.2 Å². The summed E-state index contributed by atoms with van der Waals surface area (Å²) in [7, 11) is 0. The molecule has 0 unspecified atom stereocenters. The van der Waals surface area contributed by atoms with Gasteiger partial charge in [0.15, 0.2) is 0 Å². The largest absolute Gasteiger partial charge is 0.481 e. The van der Waals surface area contributed by atoms with E-state index in [9.17, 15) is 31.5 Å². The number of alkyl halides is 5. The van der Waals surface area contributed by atoms with Crippen LogP contribution >= 0.6 is 0 Å². The number of likely N-dealkylation sites (tertiary alicyclic amines) is 1. The summed E-state index contributed by atoms with van der Waals surface area (Å²) < 4.78 is 63.5. The van der Waals surface area contributed by atoms with Gasteiger partial charge in [0.05, 0.1) is 11.8 Å². The molecule has 0 spiro atoms. The van der Waals surface area contributed by atoms with Crippen LogP contribution in [0.25, 0.3) is 0 Å². The first-order valence-corrected chi connectivity index (χ1v) is 6.70. The number of hydrogen-bond acceptors (Lipinski definition) is 2. The number of carboxylic acids is 1. The number of halogens is 5. The van der Waals surface area contributed by atoms with Crippen molar-refractivity contribution in [2.75, 3.05) is 19.6 Å². The van der Waals surface area contributed by atoms with Crippen LogP contribution in [-0.4, -0.2) is 53.7 Å². The highest BCUT2D eigenvalue weighted by Gasteiger charge is 2.53. The van der Waals surface area contributed by atoms with Gasteiger partial charge in [0.1, 0.15) is 0 Å². The number of hydrogen-bond donors (Lipinski definition) is 2. The van der Waals surface area contributed by atoms with Crippen LogP contribution in [0.1, 0.15) is 12.8 Å². The van der Waals surface area contributed by atoms with Crippen LogP contribution in [0, 0.1) is 17.8 Å². The molecule has 0 aromatic heterocycles. The zero-order valence-electron chi connectivity index (χ0n) is 11.4. The highest BCUT2D eigenvalue weighted by atomic mass is 19.4. The quantitative estimate of drug-likeness (QED) is 0.777. The van der Waals surface area contributed by atoms with Gasteiger partial charge in [-0.05, 0) is 5.92 Å². The van der Waals surface area contributed by atoms with Crippen LogP contribution in [0.5, 0.6) is 0 Å². The van der Waals surface area contributed by atoms with E-state index in [4.69, 9.17) is 5.11 Å². The molecule has 22 heavy (non-hydrogen) atoms. The van der Waals surface area contributed by atoms with Crippen molar-refractivity contribution in [1.29, 1.82) is 0 Å². The molecule has 2 amide bonds. The lowest BCUT2D eigenvalue weighted by Gasteiger charge is -2.35. The van der Waals surface area contributed by atoms with Gasteiger partial charge in [0.25, 0.3) is 0 Å². The molecule has 2 aliphatic rings. The molecule has 0 aromatic carbocycles. The normalized spacial score (nSPS) is 28.3. The number of rotatable bonds is 3. The standard InChI is InChI=1S/C12H15F5N2O3/c13-11(14)1-6(2-11)3-18-10(22)19-4-7(9(20)21)8(5-19)12(15,16)17/h6-8H,1-5H2,(H,18,22)(H,20,21)/t7-,8-/m1/s1. The molecule has 2 N–H and O–H groups in total. The molecule has 1 saturated carbocycles. The smallest absolute Gasteiger partial charge is 0.394 e. The van der Waals surface area contributed by atoms with E-state index in [0.717, 1.165) is 4.90 Å². The lowest BCUT2D eigenvalue weighted by molar-refractivity contribution is -0.187. The molecule has 0 aromatic rings. The van der Waals surface area contributed by atoms with E-state index in [1.54, 1.807) is 0 Å². The Morgan fingerprint density at radius 2 is 1.82 bits per heavy atom. The van der Waals surface area contributed by atoms with Crippen molar-refractivity contribution in [3.63, 3.8) is 0 Å². The lowest BCUT2D eigenvalue weighted by atomic mass is 9.81. The number of nitrogens with zero attached hydrogens (tertiary/aromatic N) is 1. The second-order valence-corrected chi connectivity index (χ2v) is 5.81. The number of aliphatic carboxylic acids is 1. The molecular formula is C12H15F5N2O3. The third kappa shape index (κ3) is 3.58. The minimum absolute atomic E-state index is 0.0562. The van der Waals surface area contributed by atoms with Gasteiger partial charge in [-0.2, -0.15) is 13.2 Å². The number of carbonyl (C=O) groups is 2. The number of urea groups is 1. The molecule has 10 heteroatoms. The summed E-state index contributed by atoms with van der Waals surface area (Å²) in [4.78, 5) is 23.4. The Bertz CT molecular complexity index is 460. The van der Waals surface area contributed by atoms with Crippen molar-refractivity contribution >= 4 is 12.0 Å². The Morgan fingerprint density at radius 3 is 2.23 bits per heavy atom. The molecule has 2 atom stereocenters. The van der Waals surface area contributed by atoms with Crippen LogP contribution in [-0.2, 0) is 4.79 Å². The van der Waals surface area contributed by atoms with Crippen LogP contribution in [0.2, 0.25) is 0 Å². The fraction of sp³-hybridized carbons (Fsp3) is 0.833. The van der Waals surface area contributed by atoms with E-state index in [1.807, 2.05) is 0 Å². The second kappa shape index (κ2) is 5.54. The monoisotopic (exact) mass is 330 g/mol. The van der Waals surface area contributed by atoms with E-state index in [0.29, 0.717) is 0 Å². The van der Waals surface area contributed by atoms with Gasteiger partial charge >= 0.3 is 18.2 Å². The maximum absolute atomic E-state index is 12.8. The van der Waals surface area contributed by atoms with Crippen LogP contribution in [0.4, 0.5) is 26.7 Å². The fourth-order valence-electron chi connectivity index (χ4n) is 2.82. The highest BCUT2D eigenvalue weighted by molar-refractivity contribution is 5.77. The minimum Gasteiger partial charge on any atom is -0.481 e. The first-order valence-electron chi connectivity index (χ1n) is 6.70. The van der Waals surface area contributed by atoms with Crippen LogP contribution in [0.3, 0.4) is 0 Å². The molecule has 1 aliphatic heterocycles. The third-order valence-electron chi connectivity index (χ3n) is 4.06. The average molecular weight is 330 g/mol. The number of nitrogens with one attached hydrogen (secondary N) is 1. The van der Waals surface area contributed by atoms with Gasteiger partial charge in [0.2, 0.25) is 5.92 Å². The zero-order chi connectivity index (χ0) is 16.7. The summed E-state index contributed by atoms with van der Waals surface area (Å²) >= 11 is 0. The minimum atomic E-state index is -4.71. The zero-order valence-corrected chi connectivity index (χ0v) is 11.4. The first-order chi connectivity index (χ1) is 9.99. The van der Waals surface area contributed by atoms with Crippen LogP contribution in [0.15, 0.2) is 0 Å². The maximum atomic E-state index is 12.8. The Kier molecular flexibility index (Phi) is 4.22. The van der Waals surface area contributed by atoms with Gasteiger partial charge < -0.3 is 15.3 Å². The number of carboxylic acid groups (broad SMARTS) is 1. The molecule has 5 nitrogen and oxygen atoms in total. The Balaban J connectivity index is 1.87. The van der Waals surface area contributed by atoms with Crippen molar-refractivity contribution in [3.8, 4) is 0 Å². The summed E-state index contributed by atoms with van der Waals surface area (Å²) in [6, 6.07) is -0.854. The van der Waals surface area contributed by atoms with Crippen molar-refractivity contribution < 1.29 is 36.6 Å². The molecule has 2 fully saturated rings. The number of amides is 2. The van der Waals surface area contributed by atoms with Gasteiger partial charge in [-0.1, -0.05) is 0 Å². The molecule has 2 rings (SSSR count). The molecule has 1 aliphatic carbocycles. The molecular weight excluding hydrogens is 315 g/mol. The molecule has 126 valence electrons. The molecule has 0 bridgehead atoms. The van der Waals surface area contributed by atoms with Crippen molar-refractivity contribution in [2.45, 2.75) is 24.9 Å². The molecule has 1 saturated heterocycles. The fourth-order valence-corrected chi connectivity index (χ4v) is 2.82.